The second-order valence-corrected chi connectivity index (χ2v) is 4.93. The Morgan fingerprint density at radius 2 is 1.84 bits per heavy atom. The summed E-state index contributed by atoms with van der Waals surface area (Å²) in [6.45, 7) is 1.91. The first-order chi connectivity index (χ1) is 9.01. The molecule has 3 N–H and O–H groups in total. The molecule has 2 aromatic rings. The predicted octanol–water partition coefficient (Wildman–Crippen LogP) is 4.50. The fourth-order valence-corrected chi connectivity index (χ4v) is 2.00. The molecule has 0 aromatic heterocycles. The van der Waals surface area contributed by atoms with E-state index < -0.39 is 0 Å². The van der Waals surface area contributed by atoms with Gasteiger partial charge in [0.1, 0.15) is 0 Å². The van der Waals surface area contributed by atoms with Crippen molar-refractivity contribution < 1.29 is 0 Å². The predicted molar refractivity (Wildman–Crippen MR) is 80.1 cm³/mol. The van der Waals surface area contributed by atoms with E-state index >= 15 is 0 Å². The van der Waals surface area contributed by atoms with Gasteiger partial charge in [-0.3, -0.25) is 0 Å². The van der Waals surface area contributed by atoms with E-state index in [9.17, 15) is 0 Å². The molecule has 0 bridgehead atoms. The number of hydrogen-bond donors (Lipinski definition) is 2. The summed E-state index contributed by atoms with van der Waals surface area (Å²) < 4.78 is 0. The van der Waals surface area contributed by atoms with Gasteiger partial charge in [0.05, 0.1) is 33.1 Å². The van der Waals surface area contributed by atoms with E-state index in [4.69, 9.17) is 34.2 Å². The van der Waals surface area contributed by atoms with Crippen molar-refractivity contribution in [3.63, 3.8) is 0 Å². The molecule has 0 unspecified atom stereocenters. The molecule has 0 fully saturated rings. The molecule has 0 heterocycles. The Morgan fingerprint density at radius 3 is 2.53 bits per heavy atom. The fourth-order valence-electron chi connectivity index (χ4n) is 1.67. The number of rotatable bonds is 2. The number of nitrogen functional groups attached to an aromatic ring is 1. The maximum Gasteiger partial charge on any atom is 0.0992 e. The molecule has 96 valence electrons. The van der Waals surface area contributed by atoms with Crippen molar-refractivity contribution in [1.82, 2.24) is 0 Å². The van der Waals surface area contributed by atoms with Crippen molar-refractivity contribution in [2.45, 2.75) is 6.92 Å². The van der Waals surface area contributed by atoms with E-state index in [1.165, 1.54) is 0 Å². The maximum atomic E-state index is 8.90. The maximum absolute atomic E-state index is 8.90. The molecule has 0 saturated carbocycles. The average Bonchev–Trinajstić information content (AvgIpc) is 2.38. The van der Waals surface area contributed by atoms with E-state index in [-0.39, 0.29) is 0 Å². The quantitative estimate of drug-likeness (QED) is 0.801. The van der Waals surface area contributed by atoms with Crippen molar-refractivity contribution in [2.75, 3.05) is 11.1 Å². The smallest absolute Gasteiger partial charge is 0.0992 e. The van der Waals surface area contributed by atoms with E-state index in [2.05, 4.69) is 11.4 Å². The SMILES string of the molecule is Cc1cc(N)c(Cl)cc1Nc1cc(C#N)ccc1Cl. The second kappa shape index (κ2) is 5.40. The number of halogens is 2. The number of benzene rings is 2. The summed E-state index contributed by atoms with van der Waals surface area (Å²) >= 11 is 12.1. The first-order valence-corrected chi connectivity index (χ1v) is 6.29. The summed E-state index contributed by atoms with van der Waals surface area (Å²) in [6, 6.07) is 10.6. The van der Waals surface area contributed by atoms with Crippen molar-refractivity contribution in [1.29, 1.82) is 5.26 Å². The molecular formula is C14H11Cl2N3. The van der Waals surface area contributed by atoms with E-state index in [0.717, 1.165) is 11.3 Å². The van der Waals surface area contributed by atoms with Gasteiger partial charge in [0.25, 0.3) is 0 Å². The topological polar surface area (TPSA) is 61.8 Å². The van der Waals surface area contributed by atoms with Crippen LogP contribution >= 0.6 is 23.2 Å². The zero-order valence-corrected chi connectivity index (χ0v) is 11.7. The number of nitrogens with one attached hydrogen (secondary N) is 1. The lowest BCUT2D eigenvalue weighted by Gasteiger charge is -2.13. The molecule has 0 saturated heterocycles. The summed E-state index contributed by atoms with van der Waals surface area (Å²) in [5, 5.41) is 13.1. The minimum atomic E-state index is 0.473. The molecule has 0 spiro atoms. The minimum Gasteiger partial charge on any atom is -0.398 e. The lowest BCUT2D eigenvalue weighted by molar-refractivity contribution is 1.42. The summed E-state index contributed by atoms with van der Waals surface area (Å²) in [4.78, 5) is 0. The lowest BCUT2D eigenvalue weighted by Crippen LogP contribution is -1.97. The molecular weight excluding hydrogens is 281 g/mol. The van der Waals surface area contributed by atoms with Gasteiger partial charge in [0.2, 0.25) is 0 Å². The highest BCUT2D eigenvalue weighted by atomic mass is 35.5. The summed E-state index contributed by atoms with van der Waals surface area (Å²) in [5.41, 5.74) is 9.20. The lowest BCUT2D eigenvalue weighted by atomic mass is 10.1. The normalized spacial score (nSPS) is 10.0. The number of nitriles is 1. The van der Waals surface area contributed by atoms with Gasteiger partial charge in [0, 0.05) is 5.69 Å². The fraction of sp³-hybridized carbons (Fsp3) is 0.0714. The first-order valence-electron chi connectivity index (χ1n) is 5.53. The Morgan fingerprint density at radius 1 is 1.11 bits per heavy atom. The summed E-state index contributed by atoms with van der Waals surface area (Å²) in [5.74, 6) is 0. The van der Waals surface area contributed by atoms with Gasteiger partial charge < -0.3 is 11.1 Å². The molecule has 2 rings (SSSR count). The third kappa shape index (κ3) is 2.93. The van der Waals surface area contributed by atoms with Crippen molar-refractivity contribution in [3.8, 4) is 6.07 Å². The van der Waals surface area contributed by atoms with Crippen molar-refractivity contribution >= 4 is 40.3 Å². The number of nitrogens with two attached hydrogens (primary N) is 1. The van der Waals surface area contributed by atoms with Gasteiger partial charge in [0.15, 0.2) is 0 Å². The third-order valence-corrected chi connectivity index (χ3v) is 3.37. The molecule has 0 atom stereocenters. The Bertz CT molecular complexity index is 675. The number of aryl methyl sites for hydroxylation is 1. The van der Waals surface area contributed by atoms with Crippen molar-refractivity contribution in [2.24, 2.45) is 0 Å². The summed E-state index contributed by atoms with van der Waals surface area (Å²) in [7, 11) is 0. The van der Waals surface area contributed by atoms with Gasteiger partial charge >= 0.3 is 0 Å². The third-order valence-electron chi connectivity index (χ3n) is 2.71. The molecule has 2 aromatic carbocycles. The monoisotopic (exact) mass is 291 g/mol. The van der Waals surface area contributed by atoms with Crippen LogP contribution in [0.4, 0.5) is 17.1 Å². The van der Waals surface area contributed by atoms with Crippen molar-refractivity contribution in [3.05, 3.63) is 51.5 Å². The van der Waals surface area contributed by atoms with Gasteiger partial charge in [-0.2, -0.15) is 5.26 Å². The highest BCUT2D eigenvalue weighted by Crippen LogP contribution is 2.32. The molecule has 0 aliphatic carbocycles. The first kappa shape index (κ1) is 13.5. The Hall–Kier alpha value is -1.89. The Kier molecular flexibility index (Phi) is 3.84. The van der Waals surface area contributed by atoms with Crippen LogP contribution in [-0.2, 0) is 0 Å². The van der Waals surface area contributed by atoms with Crippen LogP contribution in [0.15, 0.2) is 30.3 Å². The van der Waals surface area contributed by atoms with Crippen LogP contribution in [0, 0.1) is 18.3 Å². The minimum absolute atomic E-state index is 0.473. The standard InChI is InChI=1S/C14H11Cl2N3/c1-8-4-12(18)11(16)6-13(8)19-14-5-9(7-17)2-3-10(14)15/h2-6,19H,18H2,1H3. The molecule has 0 radical (unpaired) electrons. The number of anilines is 3. The van der Waals surface area contributed by atoms with Crippen LogP contribution in [0.1, 0.15) is 11.1 Å². The zero-order chi connectivity index (χ0) is 14.0. The van der Waals surface area contributed by atoms with Crippen LogP contribution in [0.2, 0.25) is 10.0 Å². The molecule has 19 heavy (non-hydrogen) atoms. The average molecular weight is 292 g/mol. The van der Waals surface area contributed by atoms with Crippen LogP contribution in [0.5, 0.6) is 0 Å². The zero-order valence-electron chi connectivity index (χ0n) is 10.2. The second-order valence-electron chi connectivity index (χ2n) is 4.12. The van der Waals surface area contributed by atoms with Gasteiger partial charge in [-0.25, -0.2) is 0 Å². The number of hydrogen-bond acceptors (Lipinski definition) is 3. The molecule has 3 nitrogen and oxygen atoms in total. The van der Waals surface area contributed by atoms with Crippen LogP contribution in [-0.4, -0.2) is 0 Å². The van der Waals surface area contributed by atoms with E-state index in [1.807, 2.05) is 6.92 Å². The van der Waals surface area contributed by atoms with Crippen LogP contribution in [0.3, 0.4) is 0 Å². The van der Waals surface area contributed by atoms with Gasteiger partial charge in [-0.15, -0.1) is 0 Å². The summed E-state index contributed by atoms with van der Waals surface area (Å²) in [6.07, 6.45) is 0. The van der Waals surface area contributed by atoms with Gasteiger partial charge in [-0.05, 0) is 42.8 Å². The number of nitrogens with zero attached hydrogens (tertiary/aromatic N) is 1. The highest BCUT2D eigenvalue weighted by molar-refractivity contribution is 6.34. The van der Waals surface area contributed by atoms with E-state index in [0.29, 0.717) is 27.0 Å². The largest absolute Gasteiger partial charge is 0.398 e. The Balaban J connectivity index is 2.42. The molecule has 0 aliphatic heterocycles. The van der Waals surface area contributed by atoms with E-state index in [1.54, 1.807) is 30.3 Å². The highest BCUT2D eigenvalue weighted by Gasteiger charge is 2.07. The van der Waals surface area contributed by atoms with Crippen LogP contribution < -0.4 is 11.1 Å². The molecule has 5 heteroatoms. The molecule has 0 amide bonds. The Labute approximate surface area is 121 Å². The molecule has 0 aliphatic rings. The van der Waals surface area contributed by atoms with Crippen LogP contribution in [0.25, 0.3) is 0 Å². The van der Waals surface area contributed by atoms with Gasteiger partial charge in [-0.1, -0.05) is 23.2 Å².